The van der Waals surface area contributed by atoms with Crippen LogP contribution in [0, 0.1) is 6.92 Å². The third kappa shape index (κ3) is 4.21. The van der Waals surface area contributed by atoms with E-state index < -0.39 is 17.7 Å². The largest absolute Gasteiger partial charge is 0.507 e. The van der Waals surface area contributed by atoms with Gasteiger partial charge in [-0.3, -0.25) is 19.5 Å². The minimum Gasteiger partial charge on any atom is -0.507 e. The van der Waals surface area contributed by atoms with Gasteiger partial charge in [-0.15, -0.1) is 0 Å². The standard InChI is InChI=1S/C29H29N3O4/c1-19-17-20(8-13-24(19)36-2)27(33)25-26(21-7-6-14-30-18-21)32(29(35)28(25)34)23-11-9-22(10-12-23)31-15-4-3-5-16-31/h6-14,17-18,26,33H,3-5,15-16H2,1-2H3/b27-25-. The van der Waals surface area contributed by atoms with E-state index in [0.717, 1.165) is 24.3 Å². The number of aromatic nitrogens is 1. The first-order valence-corrected chi connectivity index (χ1v) is 12.2. The summed E-state index contributed by atoms with van der Waals surface area (Å²) in [5, 5.41) is 11.3. The zero-order valence-corrected chi connectivity index (χ0v) is 20.5. The number of ketones is 1. The van der Waals surface area contributed by atoms with Crippen molar-refractivity contribution in [2.75, 3.05) is 30.0 Å². The second-order valence-electron chi connectivity index (χ2n) is 9.20. The highest BCUT2D eigenvalue weighted by atomic mass is 16.5. The minimum absolute atomic E-state index is 0.0395. The number of aryl methyl sites for hydroxylation is 1. The lowest BCUT2D eigenvalue weighted by Gasteiger charge is -2.30. The number of aliphatic hydroxyl groups is 1. The van der Waals surface area contributed by atoms with Crippen molar-refractivity contribution in [1.82, 2.24) is 4.98 Å². The molecule has 36 heavy (non-hydrogen) atoms. The number of ether oxygens (including phenoxy) is 1. The van der Waals surface area contributed by atoms with Gasteiger partial charge in [0.25, 0.3) is 11.7 Å². The maximum Gasteiger partial charge on any atom is 0.300 e. The number of aliphatic hydroxyl groups excluding tert-OH is 1. The zero-order chi connectivity index (χ0) is 25.2. The Morgan fingerprint density at radius 1 is 1.00 bits per heavy atom. The molecule has 2 aliphatic rings. The lowest BCUT2D eigenvalue weighted by Crippen LogP contribution is -2.30. The number of pyridine rings is 1. The van der Waals surface area contributed by atoms with Gasteiger partial charge in [0.2, 0.25) is 0 Å². The number of nitrogens with zero attached hydrogens (tertiary/aromatic N) is 3. The number of anilines is 2. The number of piperidine rings is 1. The molecule has 7 nitrogen and oxygen atoms in total. The molecule has 3 heterocycles. The Kier molecular flexibility index (Phi) is 6.46. The quantitative estimate of drug-likeness (QED) is 0.312. The van der Waals surface area contributed by atoms with Crippen LogP contribution in [-0.4, -0.2) is 42.0 Å². The number of carbonyl (C=O) groups excluding carboxylic acids is 2. The summed E-state index contributed by atoms with van der Waals surface area (Å²) in [4.78, 5) is 34.7. The topological polar surface area (TPSA) is 83.0 Å². The van der Waals surface area contributed by atoms with Crippen molar-refractivity contribution < 1.29 is 19.4 Å². The van der Waals surface area contributed by atoms with Crippen LogP contribution in [0.1, 0.15) is 42.0 Å². The Hall–Kier alpha value is -4.13. The molecule has 0 saturated carbocycles. The highest BCUT2D eigenvalue weighted by Gasteiger charge is 2.47. The predicted octanol–water partition coefficient (Wildman–Crippen LogP) is 5.02. The number of hydrogen-bond donors (Lipinski definition) is 1. The van der Waals surface area contributed by atoms with Crippen LogP contribution in [0.25, 0.3) is 5.76 Å². The summed E-state index contributed by atoms with van der Waals surface area (Å²) in [5.41, 5.74) is 3.63. The van der Waals surface area contributed by atoms with Gasteiger partial charge in [0.15, 0.2) is 0 Å². The highest BCUT2D eigenvalue weighted by molar-refractivity contribution is 6.51. The summed E-state index contributed by atoms with van der Waals surface area (Å²) in [6.45, 7) is 3.89. The molecule has 2 aliphatic heterocycles. The molecule has 2 aromatic carbocycles. The van der Waals surface area contributed by atoms with E-state index in [1.165, 1.54) is 24.2 Å². The number of methoxy groups -OCH3 is 1. The summed E-state index contributed by atoms with van der Waals surface area (Å²) in [6, 6.07) is 15.7. The van der Waals surface area contributed by atoms with Gasteiger partial charge in [-0.1, -0.05) is 6.07 Å². The minimum atomic E-state index is -0.804. The van der Waals surface area contributed by atoms with Crippen LogP contribution in [0.4, 0.5) is 11.4 Å². The number of amides is 1. The SMILES string of the molecule is COc1ccc(/C(O)=C2/C(=O)C(=O)N(c3ccc(N4CCCCC4)cc3)C2c2cccnc2)cc1C. The summed E-state index contributed by atoms with van der Waals surface area (Å²) in [7, 11) is 1.58. The second kappa shape index (κ2) is 9.85. The highest BCUT2D eigenvalue weighted by Crippen LogP contribution is 2.42. The Labute approximate surface area is 210 Å². The fourth-order valence-electron chi connectivity index (χ4n) is 5.11. The molecule has 0 radical (unpaired) electrons. The van der Waals surface area contributed by atoms with Crippen LogP contribution >= 0.6 is 0 Å². The molecule has 2 fully saturated rings. The maximum atomic E-state index is 13.4. The van der Waals surface area contributed by atoms with Crippen molar-refractivity contribution in [1.29, 1.82) is 0 Å². The molecule has 0 aliphatic carbocycles. The van der Waals surface area contributed by atoms with E-state index in [2.05, 4.69) is 9.88 Å². The van der Waals surface area contributed by atoms with Crippen LogP contribution in [0.3, 0.4) is 0 Å². The Bertz CT molecular complexity index is 1310. The van der Waals surface area contributed by atoms with Gasteiger partial charge in [0.05, 0.1) is 18.7 Å². The number of carbonyl (C=O) groups is 2. The number of hydrogen-bond acceptors (Lipinski definition) is 6. The van der Waals surface area contributed by atoms with Crippen molar-refractivity contribution >= 4 is 28.8 Å². The first kappa shape index (κ1) is 23.6. The smallest absolute Gasteiger partial charge is 0.300 e. The van der Waals surface area contributed by atoms with Gasteiger partial charge in [0.1, 0.15) is 11.5 Å². The molecule has 1 N–H and O–H groups in total. The third-order valence-corrected chi connectivity index (χ3v) is 6.96. The number of benzene rings is 2. The zero-order valence-electron chi connectivity index (χ0n) is 20.5. The van der Waals surface area contributed by atoms with Crippen LogP contribution in [0.5, 0.6) is 5.75 Å². The van der Waals surface area contributed by atoms with E-state index in [1.54, 1.807) is 43.8 Å². The molecule has 0 bridgehead atoms. The molecule has 5 rings (SSSR count). The average Bonchev–Trinajstić information content (AvgIpc) is 3.19. The molecule has 1 amide bonds. The fourth-order valence-corrected chi connectivity index (χ4v) is 5.11. The van der Waals surface area contributed by atoms with Gasteiger partial charge in [-0.05, 0) is 85.8 Å². The molecule has 1 atom stereocenters. The predicted molar refractivity (Wildman–Crippen MR) is 139 cm³/mol. The fraction of sp³-hybridized carbons (Fsp3) is 0.276. The monoisotopic (exact) mass is 483 g/mol. The molecule has 3 aromatic rings. The van der Waals surface area contributed by atoms with E-state index in [4.69, 9.17) is 4.74 Å². The summed E-state index contributed by atoms with van der Waals surface area (Å²) < 4.78 is 5.32. The average molecular weight is 484 g/mol. The third-order valence-electron chi connectivity index (χ3n) is 6.96. The van der Waals surface area contributed by atoms with Crippen LogP contribution in [-0.2, 0) is 9.59 Å². The van der Waals surface area contributed by atoms with Crippen LogP contribution < -0.4 is 14.5 Å². The van der Waals surface area contributed by atoms with Crippen molar-refractivity contribution in [3.05, 3.63) is 89.3 Å². The molecule has 2 saturated heterocycles. The lowest BCUT2D eigenvalue weighted by molar-refractivity contribution is -0.132. The van der Waals surface area contributed by atoms with Crippen molar-refractivity contribution in [2.24, 2.45) is 0 Å². The number of Topliss-reactive ketones (excluding diaryl/α,β-unsaturated/α-hetero) is 1. The molecule has 7 heteroatoms. The van der Waals surface area contributed by atoms with E-state index in [9.17, 15) is 14.7 Å². The van der Waals surface area contributed by atoms with Gasteiger partial charge >= 0.3 is 0 Å². The van der Waals surface area contributed by atoms with E-state index in [0.29, 0.717) is 22.6 Å². The molecular formula is C29H29N3O4. The van der Waals surface area contributed by atoms with E-state index in [1.807, 2.05) is 37.3 Å². The van der Waals surface area contributed by atoms with E-state index in [-0.39, 0.29) is 11.3 Å². The Morgan fingerprint density at radius 2 is 1.72 bits per heavy atom. The Balaban J connectivity index is 1.59. The van der Waals surface area contributed by atoms with Crippen LogP contribution in [0.2, 0.25) is 0 Å². The van der Waals surface area contributed by atoms with Crippen molar-refractivity contribution in [3.63, 3.8) is 0 Å². The molecule has 1 unspecified atom stereocenters. The van der Waals surface area contributed by atoms with Crippen LogP contribution in [0.15, 0.2) is 72.6 Å². The summed E-state index contributed by atoms with van der Waals surface area (Å²) in [6.07, 6.45) is 6.84. The van der Waals surface area contributed by atoms with Gasteiger partial charge < -0.3 is 14.7 Å². The first-order chi connectivity index (χ1) is 17.5. The van der Waals surface area contributed by atoms with Gasteiger partial charge in [0, 0.05) is 42.4 Å². The van der Waals surface area contributed by atoms with E-state index >= 15 is 0 Å². The molecular weight excluding hydrogens is 454 g/mol. The second-order valence-corrected chi connectivity index (χ2v) is 9.20. The van der Waals surface area contributed by atoms with Crippen molar-refractivity contribution in [3.8, 4) is 5.75 Å². The molecule has 1 aromatic heterocycles. The Morgan fingerprint density at radius 3 is 2.36 bits per heavy atom. The maximum absolute atomic E-state index is 13.4. The first-order valence-electron chi connectivity index (χ1n) is 12.2. The van der Waals surface area contributed by atoms with Gasteiger partial charge in [-0.25, -0.2) is 0 Å². The van der Waals surface area contributed by atoms with Gasteiger partial charge in [-0.2, -0.15) is 0 Å². The lowest BCUT2D eigenvalue weighted by atomic mass is 9.95. The van der Waals surface area contributed by atoms with Crippen molar-refractivity contribution in [2.45, 2.75) is 32.2 Å². The normalized spacial score (nSPS) is 19.6. The summed E-state index contributed by atoms with van der Waals surface area (Å²) in [5.74, 6) is -0.957. The molecule has 184 valence electrons. The molecule has 0 spiro atoms. The number of rotatable bonds is 5. The summed E-state index contributed by atoms with van der Waals surface area (Å²) >= 11 is 0.